The van der Waals surface area contributed by atoms with E-state index in [-0.39, 0.29) is 23.4 Å². The van der Waals surface area contributed by atoms with Crippen LogP contribution in [0.2, 0.25) is 0 Å². The van der Waals surface area contributed by atoms with Crippen LogP contribution in [0.1, 0.15) is 34.9 Å². The third-order valence-corrected chi connectivity index (χ3v) is 5.30. The van der Waals surface area contributed by atoms with Crippen molar-refractivity contribution in [3.8, 4) is 0 Å². The molecule has 0 radical (unpaired) electrons. The Bertz CT molecular complexity index is 988. The van der Waals surface area contributed by atoms with Crippen molar-refractivity contribution in [1.29, 1.82) is 0 Å². The normalized spacial score (nSPS) is 17.3. The van der Waals surface area contributed by atoms with E-state index in [1.807, 2.05) is 9.47 Å². The molecule has 1 aliphatic heterocycles. The fraction of sp³-hybridized carbons (Fsp3) is 0.400. The SMILES string of the molecule is C=CCc1c(C(=O)O)c(=O)c2cc(F)c(N3CCNCC3)cc2n1C1CC1. The number of nitrogens with one attached hydrogen (secondary N) is 1. The van der Waals surface area contributed by atoms with Crippen LogP contribution in [0, 0.1) is 5.82 Å². The van der Waals surface area contributed by atoms with E-state index in [2.05, 4.69) is 11.9 Å². The van der Waals surface area contributed by atoms with Gasteiger partial charge in [0.25, 0.3) is 0 Å². The molecule has 0 amide bonds. The lowest BCUT2D eigenvalue weighted by atomic mass is 10.0. The number of hydrogen-bond donors (Lipinski definition) is 2. The highest BCUT2D eigenvalue weighted by Gasteiger charge is 2.31. The summed E-state index contributed by atoms with van der Waals surface area (Å²) >= 11 is 0. The molecule has 27 heavy (non-hydrogen) atoms. The van der Waals surface area contributed by atoms with E-state index < -0.39 is 17.2 Å². The molecule has 7 heteroatoms. The van der Waals surface area contributed by atoms with E-state index in [1.165, 1.54) is 6.07 Å². The molecule has 0 bridgehead atoms. The second-order valence-electron chi connectivity index (χ2n) is 7.11. The van der Waals surface area contributed by atoms with Crippen molar-refractivity contribution in [2.24, 2.45) is 0 Å². The lowest BCUT2D eigenvalue weighted by molar-refractivity contribution is 0.0693. The number of carboxylic acid groups (broad SMARTS) is 1. The zero-order chi connectivity index (χ0) is 19.1. The third kappa shape index (κ3) is 3.02. The number of benzene rings is 1. The van der Waals surface area contributed by atoms with Gasteiger partial charge in [-0.1, -0.05) is 6.08 Å². The summed E-state index contributed by atoms with van der Waals surface area (Å²) in [6.45, 7) is 6.62. The molecule has 0 unspecified atom stereocenters. The number of carboxylic acids is 1. The highest BCUT2D eigenvalue weighted by molar-refractivity contribution is 5.95. The number of nitrogens with zero attached hydrogens (tertiary/aromatic N) is 2. The van der Waals surface area contributed by atoms with Crippen molar-refractivity contribution in [3.63, 3.8) is 0 Å². The molecule has 2 fully saturated rings. The van der Waals surface area contributed by atoms with Gasteiger partial charge in [0.1, 0.15) is 11.4 Å². The maximum atomic E-state index is 14.8. The van der Waals surface area contributed by atoms with Crippen LogP contribution in [0.25, 0.3) is 10.9 Å². The Kier molecular flexibility index (Phi) is 4.47. The number of hydrogen-bond acceptors (Lipinski definition) is 4. The van der Waals surface area contributed by atoms with E-state index in [0.29, 0.717) is 30.0 Å². The van der Waals surface area contributed by atoms with Gasteiger partial charge >= 0.3 is 5.97 Å². The maximum absolute atomic E-state index is 14.8. The van der Waals surface area contributed by atoms with E-state index in [1.54, 1.807) is 12.1 Å². The maximum Gasteiger partial charge on any atom is 0.341 e. The zero-order valence-corrected chi connectivity index (χ0v) is 15.0. The summed E-state index contributed by atoms with van der Waals surface area (Å²) in [7, 11) is 0. The fourth-order valence-electron chi connectivity index (χ4n) is 3.92. The Balaban J connectivity index is 2.03. The molecule has 1 saturated heterocycles. The van der Waals surface area contributed by atoms with Crippen LogP contribution in [0.15, 0.2) is 29.6 Å². The lowest BCUT2D eigenvalue weighted by Crippen LogP contribution is -2.44. The molecule has 2 N–H and O–H groups in total. The topological polar surface area (TPSA) is 74.6 Å². The molecule has 2 heterocycles. The third-order valence-electron chi connectivity index (χ3n) is 5.30. The van der Waals surface area contributed by atoms with Gasteiger partial charge in [0.15, 0.2) is 0 Å². The fourth-order valence-corrected chi connectivity index (χ4v) is 3.92. The van der Waals surface area contributed by atoms with Crippen LogP contribution in [0.3, 0.4) is 0 Å². The Labute approximate surface area is 155 Å². The zero-order valence-electron chi connectivity index (χ0n) is 15.0. The number of pyridine rings is 1. The monoisotopic (exact) mass is 371 g/mol. The Morgan fingerprint density at radius 2 is 2.04 bits per heavy atom. The van der Waals surface area contributed by atoms with Crippen LogP contribution in [0.4, 0.5) is 10.1 Å². The van der Waals surface area contributed by atoms with E-state index in [4.69, 9.17) is 0 Å². The van der Waals surface area contributed by atoms with Crippen LogP contribution in [-0.2, 0) is 6.42 Å². The second kappa shape index (κ2) is 6.81. The average Bonchev–Trinajstić information content (AvgIpc) is 3.48. The molecule has 6 nitrogen and oxygen atoms in total. The summed E-state index contributed by atoms with van der Waals surface area (Å²) in [6, 6.07) is 3.06. The van der Waals surface area contributed by atoms with Gasteiger partial charge in [0.05, 0.1) is 11.2 Å². The van der Waals surface area contributed by atoms with Crippen molar-refractivity contribution in [2.45, 2.75) is 25.3 Å². The molecule has 1 aromatic heterocycles. The molecular formula is C20H22FN3O3. The lowest BCUT2D eigenvalue weighted by Gasteiger charge is -2.30. The molecule has 1 saturated carbocycles. The van der Waals surface area contributed by atoms with Crippen molar-refractivity contribution < 1.29 is 14.3 Å². The largest absolute Gasteiger partial charge is 0.477 e. The first-order valence-corrected chi connectivity index (χ1v) is 9.23. The Morgan fingerprint density at radius 3 is 2.63 bits per heavy atom. The molecule has 2 aliphatic rings. The van der Waals surface area contributed by atoms with Gasteiger partial charge in [0, 0.05) is 49.7 Å². The highest BCUT2D eigenvalue weighted by atomic mass is 19.1. The van der Waals surface area contributed by atoms with Crippen LogP contribution in [-0.4, -0.2) is 41.8 Å². The number of piperazine rings is 1. The molecule has 4 rings (SSSR count). The number of carbonyl (C=O) groups is 1. The number of allylic oxidation sites excluding steroid dienone is 1. The molecule has 0 atom stereocenters. The number of aromatic carboxylic acids is 1. The van der Waals surface area contributed by atoms with Gasteiger partial charge in [-0.15, -0.1) is 6.58 Å². The van der Waals surface area contributed by atoms with Crippen molar-refractivity contribution >= 4 is 22.6 Å². The minimum atomic E-state index is -1.28. The highest BCUT2D eigenvalue weighted by Crippen LogP contribution is 2.40. The van der Waals surface area contributed by atoms with E-state index >= 15 is 0 Å². The summed E-state index contributed by atoms with van der Waals surface area (Å²) < 4.78 is 16.8. The Morgan fingerprint density at radius 1 is 1.33 bits per heavy atom. The number of aromatic nitrogens is 1. The summed E-state index contributed by atoms with van der Waals surface area (Å²) in [6.07, 6.45) is 3.72. The van der Waals surface area contributed by atoms with E-state index in [9.17, 15) is 19.1 Å². The van der Waals surface area contributed by atoms with E-state index in [0.717, 1.165) is 25.9 Å². The van der Waals surface area contributed by atoms with Gasteiger partial charge in [-0.3, -0.25) is 4.79 Å². The van der Waals surface area contributed by atoms with Gasteiger partial charge in [-0.05, 0) is 25.0 Å². The molecule has 142 valence electrons. The summed E-state index contributed by atoms with van der Waals surface area (Å²) in [5, 5.41) is 13.0. The molecule has 1 aliphatic carbocycles. The van der Waals surface area contributed by atoms with Crippen molar-refractivity contribution in [2.75, 3.05) is 31.1 Å². The molecule has 0 spiro atoms. The predicted octanol–water partition coefficient (Wildman–Crippen LogP) is 2.31. The second-order valence-corrected chi connectivity index (χ2v) is 7.11. The standard InChI is InChI=1S/C20H22FN3O3/c1-2-3-15-18(20(26)27)19(25)13-10-14(21)17(23-8-6-22-7-9-23)11-16(13)24(15)12-4-5-12/h2,10-12,22H,1,3-9H2,(H,26,27). The number of rotatable bonds is 5. The summed E-state index contributed by atoms with van der Waals surface area (Å²) in [4.78, 5) is 26.6. The number of anilines is 1. The smallest absolute Gasteiger partial charge is 0.341 e. The number of fused-ring (bicyclic) bond motifs is 1. The quantitative estimate of drug-likeness (QED) is 0.789. The first kappa shape index (κ1) is 17.7. The Hall–Kier alpha value is -2.67. The van der Waals surface area contributed by atoms with Crippen molar-refractivity contribution in [3.05, 3.63) is 52.1 Å². The molecular weight excluding hydrogens is 349 g/mol. The van der Waals surface area contributed by atoms with Crippen LogP contribution >= 0.6 is 0 Å². The molecule has 1 aromatic carbocycles. The van der Waals surface area contributed by atoms with Gasteiger partial charge < -0.3 is 19.9 Å². The summed E-state index contributed by atoms with van der Waals surface area (Å²) in [5.74, 6) is -1.77. The van der Waals surface area contributed by atoms with Gasteiger partial charge in [-0.25, -0.2) is 9.18 Å². The molecule has 2 aromatic rings. The van der Waals surface area contributed by atoms with Gasteiger partial charge in [0.2, 0.25) is 5.43 Å². The van der Waals surface area contributed by atoms with Gasteiger partial charge in [-0.2, -0.15) is 0 Å². The minimum Gasteiger partial charge on any atom is -0.477 e. The number of halogens is 1. The summed E-state index contributed by atoms with van der Waals surface area (Å²) in [5.41, 5.74) is 0.626. The predicted molar refractivity (Wildman–Crippen MR) is 102 cm³/mol. The van der Waals surface area contributed by atoms with Crippen LogP contribution < -0.4 is 15.6 Å². The van der Waals surface area contributed by atoms with Crippen LogP contribution in [0.5, 0.6) is 0 Å². The average molecular weight is 371 g/mol. The minimum absolute atomic E-state index is 0.128. The first-order valence-electron chi connectivity index (χ1n) is 9.23. The van der Waals surface area contributed by atoms with Crippen molar-refractivity contribution in [1.82, 2.24) is 9.88 Å². The first-order chi connectivity index (χ1) is 13.0.